The van der Waals surface area contributed by atoms with Crippen molar-refractivity contribution in [3.63, 3.8) is 0 Å². The summed E-state index contributed by atoms with van der Waals surface area (Å²) >= 11 is 2.75. The molecule has 0 saturated heterocycles. The van der Waals surface area contributed by atoms with E-state index in [4.69, 9.17) is 21.3 Å². The molecule has 0 aromatic heterocycles. The molecule has 0 fully saturated rings. The van der Waals surface area contributed by atoms with Crippen molar-refractivity contribution in [1.82, 2.24) is 0 Å². The number of hydrogen-bond donors (Lipinski definition) is 3. The number of rotatable bonds is 11. The molecule has 0 aliphatic rings. The van der Waals surface area contributed by atoms with Gasteiger partial charge in [0.1, 0.15) is 18.7 Å². The van der Waals surface area contributed by atoms with Crippen molar-refractivity contribution in [3.05, 3.63) is 24.1 Å². The van der Waals surface area contributed by atoms with Crippen LogP contribution in [-0.4, -0.2) is 53.0 Å². The normalized spacial score (nSPS) is 13.9. The van der Waals surface area contributed by atoms with Crippen LogP contribution < -0.4 is 11.5 Å². The zero-order valence-corrected chi connectivity index (χ0v) is 12.7. The van der Waals surface area contributed by atoms with Gasteiger partial charge >= 0.3 is 11.9 Å². The van der Waals surface area contributed by atoms with Crippen LogP contribution in [0, 0.1) is 0 Å². The van der Waals surface area contributed by atoms with Gasteiger partial charge in [-0.15, -0.1) is 18.3 Å². The Hall–Kier alpha value is -0.960. The maximum atomic E-state index is 11.4. The molecule has 6 nitrogen and oxygen atoms in total. The molecule has 0 amide bonds. The molecule has 0 aliphatic heterocycles. The van der Waals surface area contributed by atoms with Crippen LogP contribution in [-0.2, 0) is 14.3 Å². The van der Waals surface area contributed by atoms with Crippen LogP contribution in [0.15, 0.2) is 24.1 Å². The average Bonchev–Trinajstić information content (AvgIpc) is 2.41. The maximum Gasteiger partial charge on any atom is 0.324 e. The zero-order chi connectivity index (χ0) is 15.4. The van der Waals surface area contributed by atoms with Gasteiger partial charge in [-0.05, 0) is 11.5 Å². The topological polar surface area (TPSA) is 116 Å². The Morgan fingerprint density at radius 2 is 2.00 bits per heavy atom. The molecule has 0 spiro atoms. The minimum Gasteiger partial charge on any atom is -0.480 e. The Morgan fingerprint density at radius 1 is 1.30 bits per heavy atom. The summed E-state index contributed by atoms with van der Waals surface area (Å²) in [6, 6.07) is -1.55. The maximum absolute atomic E-state index is 11.4. The van der Waals surface area contributed by atoms with Crippen molar-refractivity contribution in [2.45, 2.75) is 12.1 Å². The second-order valence-electron chi connectivity index (χ2n) is 3.71. The monoisotopic (exact) mass is 320 g/mol. The third-order valence-corrected chi connectivity index (χ3v) is 3.95. The molecule has 114 valence electrons. The number of aliphatic carboxylic acids is 1. The first kappa shape index (κ1) is 19.0. The van der Waals surface area contributed by atoms with E-state index in [0.717, 1.165) is 5.75 Å². The van der Waals surface area contributed by atoms with E-state index in [1.807, 2.05) is 0 Å². The standard InChI is InChI=1S/C12H20N2O4S2/c1-2-5-19-8-10(14)12(17)18-4-3-6-20-7-9(13)11(15)16/h2-3,6,9-10H,1,4-5,7-8,13-14H2,(H,15,16)/b6-3+. The van der Waals surface area contributed by atoms with E-state index in [1.54, 1.807) is 17.6 Å². The number of esters is 1. The highest BCUT2D eigenvalue weighted by atomic mass is 32.2. The van der Waals surface area contributed by atoms with Crippen molar-refractivity contribution in [3.8, 4) is 0 Å². The van der Waals surface area contributed by atoms with E-state index >= 15 is 0 Å². The highest BCUT2D eigenvalue weighted by molar-refractivity contribution is 8.02. The van der Waals surface area contributed by atoms with Crippen LogP contribution in [0.25, 0.3) is 0 Å². The molecule has 0 radical (unpaired) electrons. The van der Waals surface area contributed by atoms with Crippen molar-refractivity contribution >= 4 is 35.5 Å². The Labute approximate surface area is 127 Å². The Balaban J connectivity index is 3.69. The molecule has 0 aromatic rings. The molecular formula is C12H20N2O4S2. The Kier molecular flexibility index (Phi) is 11.3. The van der Waals surface area contributed by atoms with Crippen molar-refractivity contribution < 1.29 is 19.4 Å². The number of carbonyl (C=O) groups is 2. The molecule has 0 bridgehead atoms. The van der Waals surface area contributed by atoms with E-state index in [9.17, 15) is 9.59 Å². The van der Waals surface area contributed by atoms with Crippen LogP contribution in [0.3, 0.4) is 0 Å². The zero-order valence-electron chi connectivity index (χ0n) is 11.1. The van der Waals surface area contributed by atoms with Crippen LogP contribution in [0.4, 0.5) is 0 Å². The Morgan fingerprint density at radius 3 is 2.60 bits per heavy atom. The summed E-state index contributed by atoms with van der Waals surface area (Å²) in [5, 5.41) is 10.2. The number of hydrogen-bond acceptors (Lipinski definition) is 7. The summed E-state index contributed by atoms with van der Waals surface area (Å²) in [5.41, 5.74) is 10.9. The largest absolute Gasteiger partial charge is 0.480 e. The minimum absolute atomic E-state index is 0.105. The van der Waals surface area contributed by atoms with E-state index in [1.165, 1.54) is 23.5 Å². The minimum atomic E-state index is -1.04. The number of nitrogens with two attached hydrogens (primary N) is 2. The molecule has 0 saturated carbocycles. The quantitative estimate of drug-likeness (QED) is 0.285. The van der Waals surface area contributed by atoms with Gasteiger partial charge < -0.3 is 21.3 Å². The van der Waals surface area contributed by atoms with Crippen LogP contribution in [0.5, 0.6) is 0 Å². The van der Waals surface area contributed by atoms with E-state index in [2.05, 4.69) is 6.58 Å². The molecule has 0 aromatic carbocycles. The number of ether oxygens (including phenoxy) is 1. The highest BCUT2D eigenvalue weighted by Gasteiger charge is 2.13. The predicted octanol–water partition coefficient (Wildman–Crippen LogP) is 0.435. The van der Waals surface area contributed by atoms with Gasteiger partial charge in [-0.3, -0.25) is 9.59 Å². The summed E-state index contributed by atoms with van der Waals surface area (Å²) in [5.74, 6) is -0.0194. The van der Waals surface area contributed by atoms with Gasteiger partial charge in [0.25, 0.3) is 0 Å². The predicted molar refractivity (Wildman–Crippen MR) is 83.7 cm³/mol. The molecule has 2 unspecified atom stereocenters. The number of carbonyl (C=O) groups excluding carboxylic acids is 1. The number of thioether (sulfide) groups is 2. The summed E-state index contributed by atoms with van der Waals surface area (Å²) in [4.78, 5) is 21.9. The molecule has 2 atom stereocenters. The lowest BCUT2D eigenvalue weighted by molar-refractivity contribution is -0.143. The molecule has 0 rings (SSSR count). The Bertz CT molecular complexity index is 350. The molecule has 8 heteroatoms. The third-order valence-electron chi connectivity index (χ3n) is 1.94. The summed E-state index contributed by atoms with van der Waals surface area (Å²) in [7, 11) is 0. The van der Waals surface area contributed by atoms with E-state index in [0.29, 0.717) is 5.75 Å². The van der Waals surface area contributed by atoms with Gasteiger partial charge in [-0.1, -0.05) is 6.08 Å². The first-order valence-electron chi connectivity index (χ1n) is 5.84. The number of carboxylic acids is 1. The molecule has 0 aliphatic carbocycles. The number of carboxylic acid groups (broad SMARTS) is 1. The molecule has 0 heterocycles. The van der Waals surface area contributed by atoms with Crippen LogP contribution in [0.1, 0.15) is 0 Å². The lowest BCUT2D eigenvalue weighted by Crippen LogP contribution is -2.34. The van der Waals surface area contributed by atoms with Gasteiger partial charge in [0.05, 0.1) is 0 Å². The van der Waals surface area contributed by atoms with E-state index in [-0.39, 0.29) is 12.4 Å². The van der Waals surface area contributed by atoms with Crippen LogP contribution in [0.2, 0.25) is 0 Å². The lowest BCUT2D eigenvalue weighted by Gasteiger charge is -2.09. The second-order valence-corrected chi connectivity index (χ2v) is 5.73. The fourth-order valence-electron chi connectivity index (χ4n) is 0.922. The van der Waals surface area contributed by atoms with Gasteiger partial charge in [0, 0.05) is 17.3 Å². The van der Waals surface area contributed by atoms with Crippen molar-refractivity contribution in [2.75, 3.05) is 23.9 Å². The first-order chi connectivity index (χ1) is 9.49. The fourth-order valence-corrected chi connectivity index (χ4v) is 2.29. The fraction of sp³-hybridized carbons (Fsp3) is 0.500. The SMILES string of the molecule is C=CCSCC(N)C(=O)OC/C=C/SCC(N)C(=O)O. The average molecular weight is 320 g/mol. The molecule has 5 N–H and O–H groups in total. The first-order valence-corrected chi connectivity index (χ1v) is 8.05. The van der Waals surface area contributed by atoms with Crippen LogP contribution >= 0.6 is 23.5 Å². The van der Waals surface area contributed by atoms with Gasteiger partial charge in [-0.25, -0.2) is 0 Å². The van der Waals surface area contributed by atoms with Crippen molar-refractivity contribution in [2.24, 2.45) is 11.5 Å². The van der Waals surface area contributed by atoms with E-state index < -0.39 is 24.0 Å². The molecular weight excluding hydrogens is 300 g/mol. The third kappa shape index (κ3) is 9.90. The van der Waals surface area contributed by atoms with Gasteiger partial charge in [0.2, 0.25) is 0 Å². The van der Waals surface area contributed by atoms with Crippen molar-refractivity contribution in [1.29, 1.82) is 0 Å². The lowest BCUT2D eigenvalue weighted by atomic mass is 10.4. The summed E-state index contributed by atoms with van der Waals surface area (Å²) in [6.07, 6.45) is 3.35. The molecule has 20 heavy (non-hydrogen) atoms. The smallest absolute Gasteiger partial charge is 0.324 e. The second kappa shape index (κ2) is 11.8. The van der Waals surface area contributed by atoms with Gasteiger partial charge in [0.15, 0.2) is 0 Å². The highest BCUT2D eigenvalue weighted by Crippen LogP contribution is 2.05. The summed E-state index contributed by atoms with van der Waals surface area (Å²) in [6.45, 7) is 3.67. The summed E-state index contributed by atoms with van der Waals surface area (Å²) < 4.78 is 4.94. The van der Waals surface area contributed by atoms with Gasteiger partial charge in [-0.2, -0.15) is 11.8 Å².